The molecule has 0 amide bonds. The number of unbranched alkanes of at least 4 members (excludes halogenated alkanes) is 2. The third-order valence-corrected chi connectivity index (χ3v) is 2.56. The average Bonchev–Trinajstić information content (AvgIpc) is 2.29. The molecule has 0 saturated carbocycles. The van der Waals surface area contributed by atoms with Crippen molar-refractivity contribution in [2.45, 2.75) is 32.6 Å². The van der Waals surface area contributed by atoms with Crippen molar-refractivity contribution in [1.29, 1.82) is 0 Å². The Balaban J connectivity index is 2.81. The average molecular weight is 236 g/mol. The molecule has 0 atom stereocenters. The molecular weight excluding hydrogens is 220 g/mol. The number of aromatic hydroxyl groups is 1. The summed E-state index contributed by atoms with van der Waals surface area (Å²) in [4.78, 5) is 22.5. The lowest BCUT2D eigenvalue weighted by molar-refractivity contribution is 0.0693. The largest absolute Gasteiger partial charge is 0.507 e. The van der Waals surface area contributed by atoms with Gasteiger partial charge in [0, 0.05) is 12.0 Å². The smallest absolute Gasteiger partial charge is 0.339 e. The molecule has 0 fully saturated rings. The second-order valence-electron chi connectivity index (χ2n) is 3.92. The van der Waals surface area contributed by atoms with Gasteiger partial charge in [0.25, 0.3) is 0 Å². The van der Waals surface area contributed by atoms with Gasteiger partial charge in [-0.3, -0.25) is 4.79 Å². The number of carbonyl (C=O) groups excluding carboxylic acids is 1. The summed E-state index contributed by atoms with van der Waals surface area (Å²) in [6.45, 7) is 2.05. The number of phenols is 1. The third-order valence-electron chi connectivity index (χ3n) is 2.56. The van der Waals surface area contributed by atoms with Crippen molar-refractivity contribution < 1.29 is 19.8 Å². The molecule has 0 radical (unpaired) electrons. The van der Waals surface area contributed by atoms with Crippen LogP contribution in [0.1, 0.15) is 53.3 Å². The van der Waals surface area contributed by atoms with E-state index in [1.54, 1.807) is 0 Å². The van der Waals surface area contributed by atoms with E-state index in [9.17, 15) is 14.7 Å². The van der Waals surface area contributed by atoms with Gasteiger partial charge in [-0.2, -0.15) is 0 Å². The predicted molar refractivity (Wildman–Crippen MR) is 63.5 cm³/mol. The van der Waals surface area contributed by atoms with Crippen LogP contribution in [0.3, 0.4) is 0 Å². The van der Waals surface area contributed by atoms with Crippen molar-refractivity contribution in [2.75, 3.05) is 0 Å². The van der Waals surface area contributed by atoms with Crippen LogP contribution in [0.25, 0.3) is 0 Å². The number of rotatable bonds is 6. The van der Waals surface area contributed by atoms with Crippen LogP contribution < -0.4 is 0 Å². The minimum Gasteiger partial charge on any atom is -0.507 e. The van der Waals surface area contributed by atoms with E-state index in [2.05, 4.69) is 0 Å². The molecule has 0 heterocycles. The van der Waals surface area contributed by atoms with E-state index in [0.717, 1.165) is 19.3 Å². The molecule has 0 aliphatic carbocycles. The first-order valence-electron chi connectivity index (χ1n) is 5.65. The maximum absolute atomic E-state index is 11.7. The summed E-state index contributed by atoms with van der Waals surface area (Å²) >= 11 is 0. The van der Waals surface area contributed by atoms with Gasteiger partial charge < -0.3 is 10.2 Å². The standard InChI is InChI=1S/C13H16O4/c1-2-3-4-5-11(14)9-6-7-12(15)10(8-9)13(16)17/h6-8,15H,2-5H2,1H3,(H,16,17). The van der Waals surface area contributed by atoms with Crippen LogP contribution in [-0.2, 0) is 0 Å². The van der Waals surface area contributed by atoms with Gasteiger partial charge in [-0.1, -0.05) is 19.8 Å². The predicted octanol–water partition coefficient (Wildman–Crippen LogP) is 2.85. The summed E-state index contributed by atoms with van der Waals surface area (Å²) in [5.74, 6) is -1.63. The molecule has 2 N–H and O–H groups in total. The second-order valence-corrected chi connectivity index (χ2v) is 3.92. The summed E-state index contributed by atoms with van der Waals surface area (Å²) in [6, 6.07) is 3.93. The highest BCUT2D eigenvalue weighted by molar-refractivity contribution is 5.99. The number of ketones is 1. The lowest BCUT2D eigenvalue weighted by atomic mass is 10.0. The number of hydrogen-bond acceptors (Lipinski definition) is 3. The fraction of sp³-hybridized carbons (Fsp3) is 0.385. The van der Waals surface area contributed by atoms with Crippen molar-refractivity contribution in [1.82, 2.24) is 0 Å². The van der Waals surface area contributed by atoms with Gasteiger partial charge in [-0.25, -0.2) is 4.79 Å². The summed E-state index contributed by atoms with van der Waals surface area (Å²) in [5.41, 5.74) is 0.114. The summed E-state index contributed by atoms with van der Waals surface area (Å²) in [5, 5.41) is 18.1. The van der Waals surface area contributed by atoms with Gasteiger partial charge >= 0.3 is 5.97 Å². The van der Waals surface area contributed by atoms with E-state index in [0.29, 0.717) is 12.0 Å². The Morgan fingerprint density at radius 1 is 1.24 bits per heavy atom. The van der Waals surface area contributed by atoms with Crippen LogP contribution in [0, 0.1) is 0 Å². The molecule has 0 bridgehead atoms. The monoisotopic (exact) mass is 236 g/mol. The zero-order valence-electron chi connectivity index (χ0n) is 9.77. The first-order chi connectivity index (χ1) is 8.06. The highest BCUT2D eigenvalue weighted by Crippen LogP contribution is 2.19. The summed E-state index contributed by atoms with van der Waals surface area (Å²) < 4.78 is 0. The van der Waals surface area contributed by atoms with E-state index in [-0.39, 0.29) is 17.1 Å². The zero-order chi connectivity index (χ0) is 12.8. The Morgan fingerprint density at radius 2 is 1.94 bits per heavy atom. The number of benzene rings is 1. The van der Waals surface area contributed by atoms with E-state index in [1.165, 1.54) is 18.2 Å². The first-order valence-corrected chi connectivity index (χ1v) is 5.65. The highest BCUT2D eigenvalue weighted by atomic mass is 16.4. The maximum atomic E-state index is 11.7. The van der Waals surface area contributed by atoms with Gasteiger partial charge in [0.2, 0.25) is 0 Å². The lowest BCUT2D eigenvalue weighted by Crippen LogP contribution is -2.03. The molecule has 0 aliphatic heterocycles. The van der Waals surface area contributed by atoms with E-state index >= 15 is 0 Å². The lowest BCUT2D eigenvalue weighted by Gasteiger charge is -2.04. The number of carbonyl (C=O) groups is 2. The SMILES string of the molecule is CCCCCC(=O)c1ccc(O)c(C(=O)O)c1. The number of hydrogen-bond donors (Lipinski definition) is 2. The van der Waals surface area contributed by atoms with E-state index < -0.39 is 5.97 Å². The molecule has 0 aromatic heterocycles. The molecule has 1 aromatic carbocycles. The molecule has 0 saturated heterocycles. The number of carboxylic acids is 1. The molecule has 0 aliphatic rings. The van der Waals surface area contributed by atoms with Crippen LogP contribution in [-0.4, -0.2) is 22.0 Å². The minimum absolute atomic E-state index is 0.0825. The Hall–Kier alpha value is -1.84. The van der Waals surface area contributed by atoms with Gasteiger partial charge in [0.1, 0.15) is 11.3 Å². The Morgan fingerprint density at radius 3 is 2.53 bits per heavy atom. The van der Waals surface area contributed by atoms with Gasteiger partial charge in [0.15, 0.2) is 5.78 Å². The quantitative estimate of drug-likeness (QED) is 0.588. The summed E-state index contributed by atoms with van der Waals surface area (Å²) in [7, 11) is 0. The molecule has 1 aromatic rings. The van der Waals surface area contributed by atoms with Crippen LogP contribution in [0.4, 0.5) is 0 Å². The molecule has 17 heavy (non-hydrogen) atoms. The fourth-order valence-corrected chi connectivity index (χ4v) is 1.56. The van der Waals surface area contributed by atoms with Crippen LogP contribution >= 0.6 is 0 Å². The minimum atomic E-state index is -1.23. The van der Waals surface area contributed by atoms with Crippen molar-refractivity contribution in [2.24, 2.45) is 0 Å². The van der Waals surface area contributed by atoms with E-state index in [4.69, 9.17) is 5.11 Å². The molecule has 4 heteroatoms. The highest BCUT2D eigenvalue weighted by Gasteiger charge is 2.13. The number of Topliss-reactive ketones (excluding diaryl/α,β-unsaturated/α-hetero) is 1. The second kappa shape index (κ2) is 6.03. The van der Waals surface area contributed by atoms with Crippen LogP contribution in [0.15, 0.2) is 18.2 Å². The fourth-order valence-electron chi connectivity index (χ4n) is 1.56. The molecule has 1 rings (SSSR count). The normalized spacial score (nSPS) is 10.2. The molecule has 0 unspecified atom stereocenters. The molecule has 4 nitrogen and oxygen atoms in total. The number of carboxylic acid groups (broad SMARTS) is 1. The number of aromatic carboxylic acids is 1. The van der Waals surface area contributed by atoms with Crippen molar-refractivity contribution in [3.8, 4) is 5.75 Å². The Kier molecular flexibility index (Phi) is 4.69. The van der Waals surface area contributed by atoms with Crippen molar-refractivity contribution >= 4 is 11.8 Å². The van der Waals surface area contributed by atoms with Gasteiger partial charge in [0.05, 0.1) is 0 Å². The van der Waals surface area contributed by atoms with E-state index in [1.807, 2.05) is 6.92 Å². The van der Waals surface area contributed by atoms with Gasteiger partial charge in [-0.15, -0.1) is 0 Å². The third kappa shape index (κ3) is 3.59. The Labute approximate surface area is 99.9 Å². The molecule has 0 spiro atoms. The molecule has 92 valence electrons. The van der Waals surface area contributed by atoms with Crippen LogP contribution in [0.2, 0.25) is 0 Å². The van der Waals surface area contributed by atoms with Crippen molar-refractivity contribution in [3.05, 3.63) is 29.3 Å². The maximum Gasteiger partial charge on any atom is 0.339 e. The zero-order valence-corrected chi connectivity index (χ0v) is 9.77. The first kappa shape index (κ1) is 13.2. The van der Waals surface area contributed by atoms with Crippen molar-refractivity contribution in [3.63, 3.8) is 0 Å². The molecular formula is C13H16O4. The summed E-state index contributed by atoms with van der Waals surface area (Å²) in [6.07, 6.45) is 3.23. The Bertz CT molecular complexity index is 423. The van der Waals surface area contributed by atoms with Gasteiger partial charge in [-0.05, 0) is 24.6 Å². The van der Waals surface area contributed by atoms with Crippen LogP contribution in [0.5, 0.6) is 5.75 Å². The topological polar surface area (TPSA) is 74.6 Å².